The Kier molecular flexibility index (Phi) is 7.74. The summed E-state index contributed by atoms with van der Waals surface area (Å²) in [7, 11) is 0. The Hall–Kier alpha value is -1.89. The van der Waals surface area contributed by atoms with E-state index in [0.29, 0.717) is 18.1 Å². The third-order valence-electron chi connectivity index (χ3n) is 3.47. The highest BCUT2D eigenvalue weighted by Gasteiger charge is 2.13. The van der Waals surface area contributed by atoms with Crippen LogP contribution in [0.15, 0.2) is 34.9 Å². The van der Waals surface area contributed by atoms with Gasteiger partial charge in [-0.05, 0) is 19.1 Å². The summed E-state index contributed by atoms with van der Waals surface area (Å²) in [5.74, 6) is 1.53. The molecule has 0 amide bonds. The van der Waals surface area contributed by atoms with E-state index in [4.69, 9.17) is 16.0 Å². The van der Waals surface area contributed by atoms with Gasteiger partial charge in [0.05, 0.1) is 19.3 Å². The SMILES string of the molecule is CCOC=O.Clc1cccc(-c2cnc(CN3CCNCC3)o2)c1. The topological polar surface area (TPSA) is 67.6 Å². The highest BCUT2D eigenvalue weighted by atomic mass is 35.5. The van der Waals surface area contributed by atoms with Crippen molar-refractivity contribution in [3.8, 4) is 11.3 Å². The second-order valence-corrected chi connectivity index (χ2v) is 5.64. The minimum atomic E-state index is 0.431. The first-order valence-corrected chi connectivity index (χ1v) is 8.29. The lowest BCUT2D eigenvalue weighted by Crippen LogP contribution is -2.42. The van der Waals surface area contributed by atoms with Gasteiger partial charge < -0.3 is 14.5 Å². The third kappa shape index (κ3) is 5.96. The van der Waals surface area contributed by atoms with Crippen LogP contribution in [0.25, 0.3) is 11.3 Å². The second kappa shape index (κ2) is 10.1. The lowest BCUT2D eigenvalue weighted by atomic mass is 10.2. The van der Waals surface area contributed by atoms with Crippen LogP contribution in [0, 0.1) is 0 Å². The van der Waals surface area contributed by atoms with Crippen LogP contribution in [0.2, 0.25) is 5.02 Å². The molecule has 1 N–H and O–H groups in total. The Labute approximate surface area is 146 Å². The number of ether oxygens (including phenoxy) is 1. The molecule has 0 spiro atoms. The number of nitrogens with one attached hydrogen (secondary N) is 1. The molecule has 3 rings (SSSR count). The zero-order valence-electron chi connectivity index (χ0n) is 13.7. The van der Waals surface area contributed by atoms with Gasteiger partial charge >= 0.3 is 0 Å². The Morgan fingerprint density at radius 1 is 1.42 bits per heavy atom. The largest absolute Gasteiger partial charge is 0.468 e. The van der Waals surface area contributed by atoms with Crippen LogP contribution in [0.5, 0.6) is 0 Å². The predicted molar refractivity (Wildman–Crippen MR) is 92.8 cm³/mol. The number of hydrogen-bond acceptors (Lipinski definition) is 6. The molecule has 0 unspecified atom stereocenters. The van der Waals surface area contributed by atoms with E-state index in [1.165, 1.54) is 0 Å². The van der Waals surface area contributed by atoms with Gasteiger partial charge in [0.1, 0.15) is 0 Å². The summed E-state index contributed by atoms with van der Waals surface area (Å²) in [5.41, 5.74) is 0.964. The molecule has 2 aromatic rings. The van der Waals surface area contributed by atoms with E-state index in [0.717, 1.165) is 49.9 Å². The first-order valence-electron chi connectivity index (χ1n) is 7.92. The molecule has 0 aliphatic carbocycles. The van der Waals surface area contributed by atoms with Crippen LogP contribution in [-0.2, 0) is 16.1 Å². The van der Waals surface area contributed by atoms with Crippen LogP contribution >= 0.6 is 11.6 Å². The van der Waals surface area contributed by atoms with Crippen LogP contribution in [0.3, 0.4) is 0 Å². The van der Waals surface area contributed by atoms with Crippen molar-refractivity contribution in [2.75, 3.05) is 32.8 Å². The summed E-state index contributed by atoms with van der Waals surface area (Å²) in [5, 5.41) is 4.04. The third-order valence-corrected chi connectivity index (χ3v) is 3.70. The van der Waals surface area contributed by atoms with Gasteiger partial charge in [-0.2, -0.15) is 0 Å². The van der Waals surface area contributed by atoms with Gasteiger partial charge in [0.25, 0.3) is 6.47 Å². The first kappa shape index (κ1) is 18.4. The molecule has 1 aromatic carbocycles. The predicted octanol–water partition coefficient (Wildman–Crippen LogP) is 2.58. The summed E-state index contributed by atoms with van der Waals surface area (Å²) >= 11 is 5.98. The average molecular weight is 352 g/mol. The number of halogens is 1. The van der Waals surface area contributed by atoms with E-state index in [-0.39, 0.29) is 0 Å². The number of oxazole rings is 1. The van der Waals surface area contributed by atoms with Crippen molar-refractivity contribution < 1.29 is 13.9 Å². The van der Waals surface area contributed by atoms with Gasteiger partial charge in [-0.3, -0.25) is 9.69 Å². The average Bonchev–Trinajstić information content (AvgIpc) is 3.06. The first-order chi connectivity index (χ1) is 11.7. The maximum absolute atomic E-state index is 9.18. The molecule has 2 heterocycles. The Morgan fingerprint density at radius 3 is 2.83 bits per heavy atom. The zero-order chi connectivity index (χ0) is 17.2. The standard InChI is InChI=1S/C14H16ClN3O.C3H6O2/c15-12-3-1-2-11(8-12)13-9-17-14(19-13)10-18-6-4-16-5-7-18;1-2-5-3-4/h1-3,8-9,16H,4-7,10H2;3H,2H2,1H3. The summed E-state index contributed by atoms with van der Waals surface area (Å²) in [6.07, 6.45) is 1.77. The van der Waals surface area contributed by atoms with E-state index in [2.05, 4.69) is 19.9 Å². The smallest absolute Gasteiger partial charge is 0.293 e. The summed E-state index contributed by atoms with van der Waals surface area (Å²) < 4.78 is 9.95. The van der Waals surface area contributed by atoms with Crippen LogP contribution < -0.4 is 5.32 Å². The summed E-state index contributed by atoms with van der Waals surface area (Å²) in [4.78, 5) is 15.9. The van der Waals surface area contributed by atoms with E-state index in [9.17, 15) is 4.79 Å². The van der Waals surface area contributed by atoms with E-state index in [1.54, 1.807) is 13.1 Å². The highest BCUT2D eigenvalue weighted by molar-refractivity contribution is 6.30. The molecule has 1 aromatic heterocycles. The summed E-state index contributed by atoms with van der Waals surface area (Å²) in [6.45, 7) is 7.56. The molecule has 0 bridgehead atoms. The van der Waals surface area contributed by atoms with Gasteiger partial charge in [-0.15, -0.1) is 0 Å². The van der Waals surface area contributed by atoms with Gasteiger partial charge in [0.2, 0.25) is 5.89 Å². The van der Waals surface area contributed by atoms with Crippen LogP contribution in [0.4, 0.5) is 0 Å². The van der Waals surface area contributed by atoms with Crippen molar-refractivity contribution in [1.82, 2.24) is 15.2 Å². The Balaban J connectivity index is 0.000000368. The van der Waals surface area contributed by atoms with Crippen LogP contribution in [-0.4, -0.2) is 49.1 Å². The molecule has 7 heteroatoms. The molecule has 0 saturated carbocycles. The molecule has 24 heavy (non-hydrogen) atoms. The zero-order valence-corrected chi connectivity index (χ0v) is 14.5. The highest BCUT2D eigenvalue weighted by Crippen LogP contribution is 2.23. The monoisotopic (exact) mass is 351 g/mol. The maximum Gasteiger partial charge on any atom is 0.293 e. The fraction of sp³-hybridized carbons (Fsp3) is 0.412. The van der Waals surface area contributed by atoms with E-state index < -0.39 is 0 Å². The van der Waals surface area contributed by atoms with Crippen molar-refractivity contribution in [3.05, 3.63) is 41.4 Å². The van der Waals surface area contributed by atoms with E-state index >= 15 is 0 Å². The molecule has 1 saturated heterocycles. The van der Waals surface area contributed by atoms with Crippen molar-refractivity contribution in [2.24, 2.45) is 0 Å². The number of carbonyl (C=O) groups is 1. The minimum Gasteiger partial charge on any atom is -0.468 e. The molecule has 0 radical (unpaired) electrons. The fourth-order valence-electron chi connectivity index (χ4n) is 2.29. The Bertz CT molecular complexity index is 627. The van der Waals surface area contributed by atoms with Crippen LogP contribution in [0.1, 0.15) is 12.8 Å². The van der Waals surface area contributed by atoms with Gasteiger partial charge in [0, 0.05) is 36.8 Å². The second-order valence-electron chi connectivity index (χ2n) is 5.21. The van der Waals surface area contributed by atoms with Crippen molar-refractivity contribution >= 4 is 18.1 Å². The fourth-order valence-corrected chi connectivity index (χ4v) is 2.48. The lowest BCUT2D eigenvalue weighted by molar-refractivity contribution is -0.128. The maximum atomic E-state index is 9.18. The minimum absolute atomic E-state index is 0.431. The molecule has 6 nitrogen and oxygen atoms in total. The molecule has 0 atom stereocenters. The van der Waals surface area contributed by atoms with Gasteiger partial charge in [-0.25, -0.2) is 4.98 Å². The molecule has 1 fully saturated rings. The van der Waals surface area contributed by atoms with Gasteiger partial charge in [-0.1, -0.05) is 23.7 Å². The number of piperazine rings is 1. The molecule has 1 aliphatic rings. The lowest BCUT2D eigenvalue weighted by Gasteiger charge is -2.25. The number of aromatic nitrogens is 1. The number of benzene rings is 1. The number of hydrogen-bond donors (Lipinski definition) is 1. The van der Waals surface area contributed by atoms with Crippen molar-refractivity contribution in [3.63, 3.8) is 0 Å². The quantitative estimate of drug-likeness (QED) is 0.835. The molecule has 1 aliphatic heterocycles. The molecule has 130 valence electrons. The normalized spacial score (nSPS) is 14.6. The Morgan fingerprint density at radius 2 is 2.21 bits per heavy atom. The molecular weight excluding hydrogens is 330 g/mol. The summed E-state index contributed by atoms with van der Waals surface area (Å²) in [6, 6.07) is 7.62. The van der Waals surface area contributed by atoms with Gasteiger partial charge in [0.15, 0.2) is 5.76 Å². The number of rotatable bonds is 5. The van der Waals surface area contributed by atoms with Crippen molar-refractivity contribution in [2.45, 2.75) is 13.5 Å². The van der Waals surface area contributed by atoms with Crippen molar-refractivity contribution in [1.29, 1.82) is 0 Å². The molecular formula is C17H22ClN3O3. The number of carbonyl (C=O) groups excluding carboxylic acids is 1. The van der Waals surface area contributed by atoms with E-state index in [1.807, 2.05) is 24.3 Å². The number of nitrogens with zero attached hydrogens (tertiary/aromatic N) is 2.